The highest BCUT2D eigenvalue weighted by atomic mass is 79.9. The number of amidine groups is 1. The van der Waals surface area contributed by atoms with Crippen molar-refractivity contribution in [1.29, 1.82) is 0 Å². The lowest BCUT2D eigenvalue weighted by Gasteiger charge is -2.30. The Balaban J connectivity index is 2.40. The van der Waals surface area contributed by atoms with Gasteiger partial charge in [-0.3, -0.25) is 4.79 Å². The Morgan fingerprint density at radius 1 is 1.11 bits per heavy atom. The second kappa shape index (κ2) is 13.1. The molecule has 2 atom stereocenters. The van der Waals surface area contributed by atoms with E-state index in [1.165, 1.54) is 11.2 Å². The molecular weight excluding hydrogens is 527 g/mol. The third-order valence-corrected chi connectivity index (χ3v) is 6.13. The van der Waals surface area contributed by atoms with Crippen LogP contribution in [-0.4, -0.2) is 29.6 Å². The number of ether oxygens (including phenoxy) is 2. The normalized spacial score (nSPS) is 13.9. The summed E-state index contributed by atoms with van der Waals surface area (Å²) in [4.78, 5) is 13.3. The number of hydrogen-bond donors (Lipinski definition) is 2. The summed E-state index contributed by atoms with van der Waals surface area (Å²) < 4.78 is 25.6. The van der Waals surface area contributed by atoms with E-state index in [-0.39, 0.29) is 23.5 Å². The number of rotatable bonds is 11. The monoisotopic (exact) mass is 564 g/mol. The number of hydrogen-bond acceptors (Lipinski definition) is 6. The van der Waals surface area contributed by atoms with Crippen LogP contribution < -0.4 is 16.3 Å². The number of carbonyl (C=O) groups excluding carboxylic acids is 1. The Morgan fingerprint density at radius 2 is 1.72 bits per heavy atom. The van der Waals surface area contributed by atoms with Crippen LogP contribution in [0.3, 0.4) is 0 Å². The Bertz CT molecular complexity index is 1040. The molecule has 4 N–H and O–H groups in total. The third-order valence-electron chi connectivity index (χ3n) is 5.49. The highest BCUT2D eigenvalue weighted by Crippen LogP contribution is 2.29. The number of hydrazine groups is 1. The van der Waals surface area contributed by atoms with Crippen LogP contribution in [0.2, 0.25) is 0 Å². The number of methoxy groups -OCH3 is 1. The van der Waals surface area contributed by atoms with Crippen LogP contribution in [0.5, 0.6) is 5.75 Å². The lowest BCUT2D eigenvalue weighted by atomic mass is 9.80. The molecule has 1 unspecified atom stereocenters. The van der Waals surface area contributed by atoms with Gasteiger partial charge in [0, 0.05) is 5.92 Å². The Hall–Kier alpha value is -2.65. The number of nitrogens with two attached hydrogens (primary N) is 2. The van der Waals surface area contributed by atoms with E-state index < -0.39 is 17.4 Å². The van der Waals surface area contributed by atoms with Gasteiger partial charge in [0.25, 0.3) is 0 Å². The van der Waals surface area contributed by atoms with Gasteiger partial charge in [0.15, 0.2) is 0 Å². The zero-order valence-electron chi connectivity index (χ0n) is 21.9. The summed E-state index contributed by atoms with van der Waals surface area (Å²) in [6.45, 7) is 9.82. The predicted molar refractivity (Wildman–Crippen MR) is 144 cm³/mol. The van der Waals surface area contributed by atoms with E-state index in [1.807, 2.05) is 58.9 Å². The zero-order chi connectivity index (χ0) is 27.0. The van der Waals surface area contributed by atoms with Gasteiger partial charge in [-0.1, -0.05) is 32.0 Å². The van der Waals surface area contributed by atoms with Gasteiger partial charge in [0.05, 0.1) is 24.0 Å². The van der Waals surface area contributed by atoms with Crippen molar-refractivity contribution in [2.75, 3.05) is 7.11 Å². The number of nitrogens with zero attached hydrogens (tertiary/aromatic N) is 2. The average Bonchev–Trinajstić information content (AvgIpc) is 2.77. The minimum Gasteiger partial charge on any atom is -0.497 e. The first kappa shape index (κ1) is 29.6. The van der Waals surface area contributed by atoms with E-state index in [9.17, 15) is 9.18 Å². The Kier molecular flexibility index (Phi) is 10.7. The fourth-order valence-electron chi connectivity index (χ4n) is 3.86. The Labute approximate surface area is 222 Å². The van der Waals surface area contributed by atoms with Gasteiger partial charge in [-0.15, -0.1) is 5.10 Å². The van der Waals surface area contributed by atoms with E-state index in [2.05, 4.69) is 21.0 Å². The van der Waals surface area contributed by atoms with Crippen LogP contribution in [0.25, 0.3) is 0 Å². The van der Waals surface area contributed by atoms with Gasteiger partial charge in [-0.2, -0.15) is 0 Å². The summed E-state index contributed by atoms with van der Waals surface area (Å²) >= 11 is 3.19. The fourth-order valence-corrected chi connectivity index (χ4v) is 4.11. The summed E-state index contributed by atoms with van der Waals surface area (Å²) in [6.07, 6.45) is 0.824. The SMILES string of the molecule is COc1ccc(CN(N)/N=C(\N)C(Cc2ccc(Br)c(F)c2)[C@@H](CC(C)C)C(=O)OC(C)(C)C)cc1. The van der Waals surface area contributed by atoms with Crippen LogP contribution in [0.1, 0.15) is 52.2 Å². The summed E-state index contributed by atoms with van der Waals surface area (Å²) in [6, 6.07) is 12.3. The van der Waals surface area contributed by atoms with Crippen molar-refractivity contribution in [3.63, 3.8) is 0 Å². The molecule has 9 heteroatoms. The van der Waals surface area contributed by atoms with E-state index in [0.717, 1.165) is 11.3 Å². The standard InChI is InChI=1S/C27H38BrFN4O3/c1-17(2)13-22(26(34)36-27(3,4)5)21(14-19-9-12-23(28)24(29)15-19)25(30)32-33(31)16-18-7-10-20(35-6)11-8-18/h7-12,15,17,21-22H,13-14,16,31H2,1-6H3,(H2,30,32)/t21?,22-/m1/s1. The topological polar surface area (TPSA) is 103 Å². The number of hydrazone groups is 1. The predicted octanol–water partition coefficient (Wildman–Crippen LogP) is 5.41. The summed E-state index contributed by atoms with van der Waals surface area (Å²) in [5, 5.41) is 5.67. The number of esters is 1. The van der Waals surface area contributed by atoms with Crippen molar-refractivity contribution in [2.45, 2.75) is 59.6 Å². The number of halogens is 2. The molecule has 0 saturated heterocycles. The van der Waals surface area contributed by atoms with Crippen LogP contribution in [0, 0.1) is 23.6 Å². The van der Waals surface area contributed by atoms with Gasteiger partial charge < -0.3 is 15.2 Å². The molecule has 0 aliphatic heterocycles. The second-order valence-corrected chi connectivity index (χ2v) is 11.2. The lowest BCUT2D eigenvalue weighted by molar-refractivity contribution is -0.161. The van der Waals surface area contributed by atoms with E-state index in [1.54, 1.807) is 19.2 Å². The molecule has 7 nitrogen and oxygen atoms in total. The molecule has 0 radical (unpaired) electrons. The van der Waals surface area contributed by atoms with Crippen molar-refractivity contribution < 1.29 is 18.7 Å². The highest BCUT2D eigenvalue weighted by molar-refractivity contribution is 9.10. The molecule has 0 heterocycles. The minimum absolute atomic E-state index is 0.186. The first-order valence-electron chi connectivity index (χ1n) is 11.9. The molecular formula is C27H38BrFN4O3. The maximum absolute atomic E-state index is 14.3. The van der Waals surface area contributed by atoms with Gasteiger partial charge in [-0.25, -0.2) is 15.4 Å². The quantitative estimate of drug-likeness (QED) is 0.124. The first-order chi connectivity index (χ1) is 16.8. The fraction of sp³-hybridized carbons (Fsp3) is 0.481. The van der Waals surface area contributed by atoms with Crippen LogP contribution in [0.4, 0.5) is 4.39 Å². The molecule has 198 valence electrons. The summed E-state index contributed by atoms with van der Waals surface area (Å²) in [5.41, 5.74) is 7.44. The van der Waals surface area contributed by atoms with Crippen LogP contribution in [0.15, 0.2) is 52.0 Å². The van der Waals surface area contributed by atoms with Crippen molar-refractivity contribution in [1.82, 2.24) is 5.12 Å². The van der Waals surface area contributed by atoms with Gasteiger partial charge in [0.2, 0.25) is 0 Å². The van der Waals surface area contributed by atoms with E-state index in [4.69, 9.17) is 21.1 Å². The molecule has 2 aromatic carbocycles. The lowest BCUT2D eigenvalue weighted by Crippen LogP contribution is -2.41. The number of benzene rings is 2. The van der Waals surface area contributed by atoms with Crippen molar-refractivity contribution in [2.24, 2.45) is 34.4 Å². The highest BCUT2D eigenvalue weighted by Gasteiger charge is 2.35. The molecule has 0 aromatic heterocycles. The van der Waals surface area contributed by atoms with Crippen LogP contribution in [-0.2, 0) is 22.5 Å². The van der Waals surface area contributed by atoms with Gasteiger partial charge >= 0.3 is 5.97 Å². The number of carbonyl (C=O) groups is 1. The molecule has 0 spiro atoms. The molecule has 0 amide bonds. The third kappa shape index (κ3) is 9.43. The molecule has 0 aliphatic rings. The van der Waals surface area contributed by atoms with Crippen molar-refractivity contribution in [3.8, 4) is 5.75 Å². The Morgan fingerprint density at radius 3 is 2.25 bits per heavy atom. The second-order valence-electron chi connectivity index (χ2n) is 10.3. The largest absolute Gasteiger partial charge is 0.497 e. The first-order valence-corrected chi connectivity index (χ1v) is 12.7. The van der Waals surface area contributed by atoms with E-state index >= 15 is 0 Å². The van der Waals surface area contributed by atoms with E-state index in [0.29, 0.717) is 29.4 Å². The zero-order valence-corrected chi connectivity index (χ0v) is 23.5. The molecule has 2 rings (SSSR count). The van der Waals surface area contributed by atoms with Crippen molar-refractivity contribution >= 4 is 27.7 Å². The average molecular weight is 566 g/mol. The maximum Gasteiger partial charge on any atom is 0.310 e. The summed E-state index contributed by atoms with van der Waals surface area (Å²) in [5.74, 6) is 5.40. The van der Waals surface area contributed by atoms with Crippen molar-refractivity contribution in [3.05, 3.63) is 63.9 Å². The maximum atomic E-state index is 14.3. The molecule has 0 bridgehead atoms. The molecule has 0 aliphatic carbocycles. The molecule has 0 fully saturated rings. The molecule has 36 heavy (non-hydrogen) atoms. The molecule has 2 aromatic rings. The van der Waals surface area contributed by atoms with Gasteiger partial charge in [0.1, 0.15) is 23.0 Å². The summed E-state index contributed by atoms with van der Waals surface area (Å²) in [7, 11) is 1.60. The van der Waals surface area contributed by atoms with Crippen LogP contribution >= 0.6 is 15.9 Å². The minimum atomic E-state index is -0.666. The molecule has 0 saturated carbocycles. The smallest absolute Gasteiger partial charge is 0.310 e. The van der Waals surface area contributed by atoms with Gasteiger partial charge in [-0.05, 0) is 90.9 Å².